The van der Waals surface area contributed by atoms with Gasteiger partial charge in [-0.1, -0.05) is 56.4 Å². The van der Waals surface area contributed by atoms with E-state index in [0.717, 1.165) is 24.5 Å². The molecule has 0 spiro atoms. The number of benzene rings is 2. The molecule has 0 aliphatic heterocycles. The number of nitrogens with zero attached hydrogens (tertiary/aromatic N) is 1. The number of halogens is 3. The van der Waals surface area contributed by atoms with Crippen molar-refractivity contribution >= 4 is 17.7 Å². The van der Waals surface area contributed by atoms with Crippen molar-refractivity contribution in [3.63, 3.8) is 0 Å². The van der Waals surface area contributed by atoms with Crippen molar-refractivity contribution in [3.8, 4) is 11.5 Å². The molecule has 0 saturated heterocycles. The quantitative estimate of drug-likeness (QED) is 0.238. The number of nitrogens with one attached hydrogen (secondary N) is 1. The van der Waals surface area contributed by atoms with Crippen LogP contribution in [0.15, 0.2) is 48.5 Å². The number of alkyl halides is 3. The molecule has 2 N–H and O–H groups in total. The van der Waals surface area contributed by atoms with E-state index in [4.69, 9.17) is 9.47 Å². The highest BCUT2D eigenvalue weighted by molar-refractivity contribution is 5.91. The predicted octanol–water partition coefficient (Wildman–Crippen LogP) is 6.89. The maximum absolute atomic E-state index is 13.2. The second kappa shape index (κ2) is 16.1. The molecule has 0 bridgehead atoms. The molecule has 1 atom stereocenters. The lowest BCUT2D eigenvalue weighted by atomic mass is 9.86. The molecule has 0 radical (unpaired) electrons. The summed E-state index contributed by atoms with van der Waals surface area (Å²) in [6.07, 6.45) is 2.24. The lowest BCUT2D eigenvalue weighted by Gasteiger charge is -2.26. The molecular weight excluding hydrogens is 541 g/mol. The monoisotopic (exact) mass is 580 g/mol. The van der Waals surface area contributed by atoms with Gasteiger partial charge in [-0.3, -0.25) is 0 Å². The Hall–Kier alpha value is -3.47. The lowest BCUT2D eigenvalue weighted by Crippen LogP contribution is -2.39. The number of amides is 2. The Morgan fingerprint density at radius 1 is 1.05 bits per heavy atom. The van der Waals surface area contributed by atoms with Gasteiger partial charge in [-0.15, -0.1) is 13.2 Å². The van der Waals surface area contributed by atoms with Crippen molar-refractivity contribution in [3.05, 3.63) is 54.1 Å². The van der Waals surface area contributed by atoms with E-state index in [-0.39, 0.29) is 25.3 Å². The van der Waals surface area contributed by atoms with Gasteiger partial charge in [-0.2, -0.15) is 0 Å². The summed E-state index contributed by atoms with van der Waals surface area (Å²) in [7, 11) is 0. The summed E-state index contributed by atoms with van der Waals surface area (Å²) in [4.78, 5) is 26.1. The van der Waals surface area contributed by atoms with Crippen LogP contribution in [0.25, 0.3) is 0 Å². The van der Waals surface area contributed by atoms with Crippen molar-refractivity contribution in [1.29, 1.82) is 0 Å². The van der Waals surface area contributed by atoms with Gasteiger partial charge in [-0.25, -0.2) is 9.59 Å². The van der Waals surface area contributed by atoms with Gasteiger partial charge in [0.05, 0.1) is 12.2 Å². The van der Waals surface area contributed by atoms with Crippen molar-refractivity contribution in [2.45, 2.75) is 70.8 Å². The maximum Gasteiger partial charge on any atom is 0.573 e. The van der Waals surface area contributed by atoms with E-state index in [1.807, 2.05) is 0 Å². The van der Waals surface area contributed by atoms with Crippen LogP contribution in [0, 0.1) is 5.92 Å². The first-order chi connectivity index (χ1) is 19.6. The summed E-state index contributed by atoms with van der Waals surface area (Å²) in [6, 6.07) is 11.8. The van der Waals surface area contributed by atoms with Gasteiger partial charge >= 0.3 is 18.4 Å². The number of urea groups is 1. The standard InChI is InChI=1S/C30H39F3N2O6/c1-2-39-27(28(36)37)21-23-14-16-24(17-15-23)40-20-19-35(18-8-11-22-9-4-3-5-10-22)29(38)34-25-12-6-7-13-26(25)41-30(31,32)33/h6-7,12-17,22,27H,2-5,8-11,18-21H2,1H3,(H,34,38)(H,36,37). The summed E-state index contributed by atoms with van der Waals surface area (Å²) in [5, 5.41) is 11.8. The Bertz CT molecular complexity index is 1090. The lowest BCUT2D eigenvalue weighted by molar-refractivity contribution is -0.274. The SMILES string of the molecule is CCOC(Cc1ccc(OCCN(CCCC2CCCCC2)C(=O)Nc2ccccc2OC(F)(F)F)cc1)C(=O)O. The zero-order chi connectivity index (χ0) is 29.7. The van der Waals surface area contributed by atoms with Gasteiger partial charge in [0, 0.05) is 19.6 Å². The number of para-hydroxylation sites is 2. The first-order valence-corrected chi connectivity index (χ1v) is 14.1. The van der Waals surface area contributed by atoms with Crippen LogP contribution in [-0.2, 0) is 16.0 Å². The van der Waals surface area contributed by atoms with Crippen LogP contribution in [0.2, 0.25) is 0 Å². The second-order valence-electron chi connectivity index (χ2n) is 10.1. The molecule has 8 nitrogen and oxygen atoms in total. The zero-order valence-corrected chi connectivity index (χ0v) is 23.3. The summed E-state index contributed by atoms with van der Waals surface area (Å²) in [5.41, 5.74) is 0.706. The highest BCUT2D eigenvalue weighted by atomic mass is 19.4. The Morgan fingerprint density at radius 2 is 1.76 bits per heavy atom. The van der Waals surface area contributed by atoms with Gasteiger partial charge in [0.15, 0.2) is 11.9 Å². The van der Waals surface area contributed by atoms with Crippen LogP contribution in [0.1, 0.15) is 57.4 Å². The maximum atomic E-state index is 13.2. The molecule has 2 aromatic rings. The third kappa shape index (κ3) is 11.5. The number of rotatable bonds is 15. The molecule has 1 saturated carbocycles. The third-order valence-electron chi connectivity index (χ3n) is 7.02. The smallest absolute Gasteiger partial charge is 0.492 e. The Balaban J connectivity index is 1.60. The zero-order valence-electron chi connectivity index (χ0n) is 23.3. The number of anilines is 1. The van der Waals surface area contributed by atoms with Crippen LogP contribution in [-0.4, -0.2) is 60.8 Å². The van der Waals surface area contributed by atoms with Crippen molar-refractivity contribution in [1.82, 2.24) is 4.90 Å². The molecule has 226 valence electrons. The molecule has 1 aliphatic carbocycles. The summed E-state index contributed by atoms with van der Waals surface area (Å²) < 4.78 is 53.7. The van der Waals surface area contributed by atoms with Gasteiger partial charge in [0.1, 0.15) is 12.4 Å². The number of carboxylic acids is 1. The van der Waals surface area contributed by atoms with Crippen LogP contribution >= 0.6 is 0 Å². The Labute approximate surface area is 238 Å². The van der Waals surface area contributed by atoms with Crippen LogP contribution in [0.4, 0.5) is 23.7 Å². The highest BCUT2D eigenvalue weighted by Crippen LogP contribution is 2.30. The molecule has 2 aromatic carbocycles. The van der Waals surface area contributed by atoms with E-state index in [1.54, 1.807) is 36.1 Å². The second-order valence-corrected chi connectivity index (χ2v) is 10.1. The number of ether oxygens (including phenoxy) is 3. The normalized spacial score (nSPS) is 14.7. The molecule has 1 fully saturated rings. The fourth-order valence-corrected chi connectivity index (χ4v) is 4.97. The fourth-order valence-electron chi connectivity index (χ4n) is 4.97. The fraction of sp³-hybridized carbons (Fsp3) is 0.533. The number of carboxylic acid groups (broad SMARTS) is 1. The molecule has 0 heterocycles. The first kappa shape index (κ1) is 32.0. The van der Waals surface area contributed by atoms with Gasteiger partial charge in [0.25, 0.3) is 0 Å². The number of hydrogen-bond donors (Lipinski definition) is 2. The molecule has 3 rings (SSSR count). The number of carbonyl (C=O) groups excluding carboxylic acids is 1. The average Bonchev–Trinajstić information content (AvgIpc) is 2.93. The topological polar surface area (TPSA) is 97.3 Å². The van der Waals surface area contributed by atoms with Crippen molar-refractivity contribution in [2.75, 3.05) is 31.6 Å². The van der Waals surface area contributed by atoms with Crippen LogP contribution in [0.5, 0.6) is 11.5 Å². The highest BCUT2D eigenvalue weighted by Gasteiger charge is 2.32. The van der Waals surface area contributed by atoms with E-state index in [2.05, 4.69) is 10.1 Å². The number of carbonyl (C=O) groups is 2. The molecular formula is C30H39F3N2O6. The van der Waals surface area contributed by atoms with E-state index in [0.29, 0.717) is 24.8 Å². The molecule has 41 heavy (non-hydrogen) atoms. The average molecular weight is 581 g/mol. The van der Waals surface area contributed by atoms with E-state index in [1.165, 1.54) is 50.3 Å². The van der Waals surface area contributed by atoms with Crippen molar-refractivity contribution < 1.29 is 42.1 Å². The molecule has 1 aliphatic rings. The molecule has 2 amide bonds. The van der Waals surface area contributed by atoms with Gasteiger partial charge < -0.3 is 29.5 Å². The van der Waals surface area contributed by atoms with Crippen molar-refractivity contribution in [2.24, 2.45) is 5.92 Å². The summed E-state index contributed by atoms with van der Waals surface area (Å²) >= 11 is 0. The van der Waals surface area contributed by atoms with Crippen LogP contribution < -0.4 is 14.8 Å². The summed E-state index contributed by atoms with van der Waals surface area (Å²) in [5.74, 6) is -0.334. The minimum absolute atomic E-state index is 0.0738. The first-order valence-electron chi connectivity index (χ1n) is 14.1. The summed E-state index contributed by atoms with van der Waals surface area (Å²) in [6.45, 7) is 2.84. The van der Waals surface area contributed by atoms with E-state index >= 15 is 0 Å². The minimum atomic E-state index is -4.89. The predicted molar refractivity (Wildman–Crippen MR) is 148 cm³/mol. The Morgan fingerprint density at radius 3 is 2.41 bits per heavy atom. The minimum Gasteiger partial charge on any atom is -0.492 e. The molecule has 1 unspecified atom stereocenters. The van der Waals surface area contributed by atoms with Gasteiger partial charge in [0.2, 0.25) is 0 Å². The number of hydrogen-bond acceptors (Lipinski definition) is 5. The van der Waals surface area contributed by atoms with E-state index in [9.17, 15) is 27.9 Å². The Kier molecular flexibility index (Phi) is 12.6. The molecule has 11 heteroatoms. The third-order valence-corrected chi connectivity index (χ3v) is 7.02. The van der Waals surface area contributed by atoms with Crippen LogP contribution in [0.3, 0.4) is 0 Å². The molecule has 0 aromatic heterocycles. The largest absolute Gasteiger partial charge is 0.573 e. The van der Waals surface area contributed by atoms with Gasteiger partial charge in [-0.05, 0) is 55.5 Å². The van der Waals surface area contributed by atoms with E-state index < -0.39 is 30.2 Å². The number of aliphatic carboxylic acids is 1.